The van der Waals surface area contributed by atoms with Crippen molar-refractivity contribution in [2.75, 3.05) is 19.7 Å². The van der Waals surface area contributed by atoms with Gasteiger partial charge in [0, 0.05) is 5.92 Å². The van der Waals surface area contributed by atoms with Crippen molar-refractivity contribution in [3.63, 3.8) is 0 Å². The molecule has 1 aliphatic rings. The molecule has 2 aromatic carbocycles. The minimum absolute atomic E-state index is 0.0494. The zero-order valence-corrected chi connectivity index (χ0v) is 13.8. The monoisotopic (exact) mass is 361 g/mol. The molecular formula is C19H17F2NO4. The first-order valence-electron chi connectivity index (χ1n) is 8.07. The number of rotatable bonds is 6. The van der Waals surface area contributed by atoms with Crippen molar-refractivity contribution in [3.05, 3.63) is 59.7 Å². The average Bonchev–Trinajstić information content (AvgIpc) is 2.92. The van der Waals surface area contributed by atoms with E-state index < -0.39 is 31.6 Å². The summed E-state index contributed by atoms with van der Waals surface area (Å²) in [5.74, 6) is -1.59. The molecule has 1 N–H and O–H groups in total. The Morgan fingerprint density at radius 1 is 1.04 bits per heavy atom. The fourth-order valence-electron chi connectivity index (χ4n) is 3.22. The van der Waals surface area contributed by atoms with E-state index in [9.17, 15) is 18.4 Å². The van der Waals surface area contributed by atoms with Crippen molar-refractivity contribution in [1.82, 2.24) is 4.90 Å². The lowest BCUT2D eigenvalue weighted by atomic mass is 9.98. The van der Waals surface area contributed by atoms with Crippen LogP contribution in [-0.2, 0) is 9.53 Å². The third kappa shape index (κ3) is 3.66. The highest BCUT2D eigenvalue weighted by Gasteiger charge is 2.30. The highest BCUT2D eigenvalue weighted by Crippen LogP contribution is 2.44. The van der Waals surface area contributed by atoms with Crippen LogP contribution >= 0.6 is 0 Å². The Morgan fingerprint density at radius 3 is 2.08 bits per heavy atom. The van der Waals surface area contributed by atoms with E-state index in [2.05, 4.69) is 0 Å². The van der Waals surface area contributed by atoms with Gasteiger partial charge >= 0.3 is 12.1 Å². The van der Waals surface area contributed by atoms with E-state index in [1.54, 1.807) is 0 Å². The predicted molar refractivity (Wildman–Crippen MR) is 90.3 cm³/mol. The van der Waals surface area contributed by atoms with Gasteiger partial charge in [0.25, 0.3) is 6.43 Å². The van der Waals surface area contributed by atoms with Gasteiger partial charge in [0.05, 0.1) is 6.54 Å². The number of hydrogen-bond donors (Lipinski definition) is 1. The highest BCUT2D eigenvalue weighted by atomic mass is 19.3. The summed E-state index contributed by atoms with van der Waals surface area (Å²) in [5.41, 5.74) is 4.05. The molecule has 0 spiro atoms. The summed E-state index contributed by atoms with van der Waals surface area (Å²) >= 11 is 0. The number of alkyl halides is 2. The molecule has 1 amide bonds. The molecule has 0 saturated heterocycles. The molecule has 136 valence electrons. The second kappa shape index (κ2) is 7.51. The molecule has 5 nitrogen and oxygen atoms in total. The number of hydrogen-bond acceptors (Lipinski definition) is 3. The number of aliphatic carboxylic acids is 1. The largest absolute Gasteiger partial charge is 0.480 e. The van der Waals surface area contributed by atoms with Crippen LogP contribution in [0.4, 0.5) is 13.6 Å². The molecule has 0 radical (unpaired) electrons. The van der Waals surface area contributed by atoms with Gasteiger partial charge in [0.15, 0.2) is 0 Å². The number of carboxylic acid groups (broad SMARTS) is 1. The summed E-state index contributed by atoms with van der Waals surface area (Å²) in [7, 11) is 0. The van der Waals surface area contributed by atoms with Crippen LogP contribution < -0.4 is 0 Å². The zero-order valence-electron chi connectivity index (χ0n) is 13.8. The fraction of sp³-hybridized carbons (Fsp3) is 0.263. The Morgan fingerprint density at radius 2 is 1.58 bits per heavy atom. The molecule has 0 heterocycles. The van der Waals surface area contributed by atoms with E-state index in [-0.39, 0.29) is 12.5 Å². The summed E-state index contributed by atoms with van der Waals surface area (Å²) in [6.45, 7) is -1.86. The number of ether oxygens (including phenoxy) is 1. The van der Waals surface area contributed by atoms with Crippen LogP contribution in [0.5, 0.6) is 0 Å². The fourth-order valence-corrected chi connectivity index (χ4v) is 3.22. The van der Waals surface area contributed by atoms with Gasteiger partial charge in [-0.15, -0.1) is 0 Å². The summed E-state index contributed by atoms with van der Waals surface area (Å²) in [5, 5.41) is 8.79. The lowest BCUT2D eigenvalue weighted by Gasteiger charge is -2.21. The molecule has 7 heteroatoms. The minimum atomic E-state index is -2.84. The first-order valence-corrected chi connectivity index (χ1v) is 8.07. The van der Waals surface area contributed by atoms with Gasteiger partial charge in [-0.3, -0.25) is 9.69 Å². The van der Waals surface area contributed by atoms with Crippen molar-refractivity contribution in [1.29, 1.82) is 0 Å². The van der Waals surface area contributed by atoms with E-state index in [1.807, 2.05) is 48.5 Å². The standard InChI is InChI=1S/C19H17F2NO4/c20-17(21)9-22(10-18(23)24)19(25)26-11-16-14-7-3-1-5-12(14)13-6-2-4-8-15(13)16/h1-8,16-17H,9-11H2,(H,23,24). The molecule has 26 heavy (non-hydrogen) atoms. The van der Waals surface area contributed by atoms with Crippen molar-refractivity contribution < 1.29 is 28.2 Å². The van der Waals surface area contributed by atoms with Crippen molar-refractivity contribution in [2.24, 2.45) is 0 Å². The topological polar surface area (TPSA) is 66.8 Å². The molecular weight excluding hydrogens is 344 g/mol. The van der Waals surface area contributed by atoms with E-state index >= 15 is 0 Å². The number of carbonyl (C=O) groups is 2. The Kier molecular flexibility index (Phi) is 5.16. The Bertz CT molecular complexity index is 779. The molecule has 2 aromatic rings. The molecule has 0 aliphatic heterocycles. The number of amides is 1. The zero-order chi connectivity index (χ0) is 18.7. The second-order valence-corrected chi connectivity index (χ2v) is 5.97. The maximum absolute atomic E-state index is 12.6. The van der Waals surface area contributed by atoms with Crippen LogP contribution in [0.3, 0.4) is 0 Å². The first kappa shape index (κ1) is 17.8. The summed E-state index contributed by atoms with van der Waals surface area (Å²) in [6.07, 6.45) is -3.90. The first-order chi connectivity index (χ1) is 12.5. The number of nitrogens with zero attached hydrogens (tertiary/aromatic N) is 1. The smallest absolute Gasteiger partial charge is 0.410 e. The summed E-state index contributed by atoms with van der Waals surface area (Å²) in [6, 6.07) is 15.4. The molecule has 0 bridgehead atoms. The van der Waals surface area contributed by atoms with Crippen LogP contribution in [0.1, 0.15) is 17.0 Å². The second-order valence-electron chi connectivity index (χ2n) is 5.97. The molecule has 0 fully saturated rings. The SMILES string of the molecule is O=C(O)CN(CC(F)F)C(=O)OCC1c2ccccc2-c2ccccc21. The number of carbonyl (C=O) groups excluding carboxylic acids is 1. The van der Waals surface area contributed by atoms with Crippen LogP contribution in [0.2, 0.25) is 0 Å². The normalized spacial score (nSPS) is 12.6. The van der Waals surface area contributed by atoms with Gasteiger partial charge < -0.3 is 9.84 Å². The quantitative estimate of drug-likeness (QED) is 0.854. The Hall–Kier alpha value is -2.96. The van der Waals surface area contributed by atoms with Crippen LogP contribution in [0.15, 0.2) is 48.5 Å². The number of fused-ring (bicyclic) bond motifs is 3. The van der Waals surface area contributed by atoms with Crippen LogP contribution in [0.25, 0.3) is 11.1 Å². The molecule has 0 unspecified atom stereocenters. The van der Waals surface area contributed by atoms with Gasteiger partial charge in [-0.05, 0) is 22.3 Å². The molecule has 0 saturated carbocycles. The summed E-state index contributed by atoms with van der Waals surface area (Å²) < 4.78 is 30.4. The minimum Gasteiger partial charge on any atom is -0.480 e. The Balaban J connectivity index is 1.76. The van der Waals surface area contributed by atoms with Crippen molar-refractivity contribution in [3.8, 4) is 11.1 Å². The Labute approximate surface area is 148 Å². The van der Waals surface area contributed by atoms with E-state index in [4.69, 9.17) is 9.84 Å². The van der Waals surface area contributed by atoms with Gasteiger partial charge in [-0.25, -0.2) is 13.6 Å². The van der Waals surface area contributed by atoms with Gasteiger partial charge in [0.1, 0.15) is 13.2 Å². The van der Waals surface area contributed by atoms with E-state index in [0.29, 0.717) is 4.90 Å². The third-order valence-corrected chi connectivity index (χ3v) is 4.28. The average molecular weight is 361 g/mol. The predicted octanol–water partition coefficient (Wildman–Crippen LogP) is 3.59. The van der Waals surface area contributed by atoms with Crippen molar-refractivity contribution in [2.45, 2.75) is 12.3 Å². The highest BCUT2D eigenvalue weighted by molar-refractivity contribution is 5.79. The van der Waals surface area contributed by atoms with Crippen LogP contribution in [0, 0.1) is 0 Å². The van der Waals surface area contributed by atoms with Crippen LogP contribution in [-0.4, -0.2) is 48.2 Å². The van der Waals surface area contributed by atoms with Gasteiger partial charge in [-0.1, -0.05) is 48.5 Å². The maximum atomic E-state index is 12.6. The number of carboxylic acids is 1. The molecule has 0 atom stereocenters. The molecule has 0 aromatic heterocycles. The van der Waals surface area contributed by atoms with E-state index in [1.165, 1.54) is 0 Å². The lowest BCUT2D eigenvalue weighted by Crippen LogP contribution is -2.39. The third-order valence-electron chi connectivity index (χ3n) is 4.28. The van der Waals surface area contributed by atoms with Gasteiger partial charge in [0.2, 0.25) is 0 Å². The number of benzene rings is 2. The van der Waals surface area contributed by atoms with Crippen molar-refractivity contribution >= 4 is 12.1 Å². The number of halogens is 2. The summed E-state index contributed by atoms with van der Waals surface area (Å²) in [4.78, 5) is 23.4. The van der Waals surface area contributed by atoms with E-state index in [0.717, 1.165) is 22.3 Å². The molecule has 1 aliphatic carbocycles. The lowest BCUT2D eigenvalue weighted by molar-refractivity contribution is -0.138. The van der Waals surface area contributed by atoms with Gasteiger partial charge in [-0.2, -0.15) is 0 Å². The maximum Gasteiger partial charge on any atom is 0.410 e. The molecule has 3 rings (SSSR count).